The molecule has 0 fully saturated rings. The van der Waals surface area contributed by atoms with Gasteiger partial charge in [0.1, 0.15) is 0 Å². The number of hydrogen-bond donors (Lipinski definition) is 4. The standard InChI is InChI=1S/C26H40N4O4/c1-6-9-22(23(31)17-28-11-10-18(4)5)29-25(33)20-14-19(24(27)32)15-21(16-20)26(34)30(12-7-2)13-8-3/h1,14-16,18,22-23,28,31H,7-13,17H2,2-5H3,(H2,27,32)(H,29,33)/t22-,23+/m0/s1. The number of carbonyl (C=O) groups is 3. The summed E-state index contributed by atoms with van der Waals surface area (Å²) in [6.07, 6.45) is 7.20. The predicted molar refractivity (Wildman–Crippen MR) is 134 cm³/mol. The van der Waals surface area contributed by atoms with Gasteiger partial charge in [-0.25, -0.2) is 0 Å². The van der Waals surface area contributed by atoms with Gasteiger partial charge in [0.25, 0.3) is 11.8 Å². The van der Waals surface area contributed by atoms with E-state index in [0.29, 0.717) is 19.0 Å². The SMILES string of the molecule is C#CC[C@H](NC(=O)c1cc(C(N)=O)cc(C(=O)N(CCC)CCC)c1)[C@H](O)CNCCC(C)C. The summed E-state index contributed by atoms with van der Waals surface area (Å²) in [5.74, 6) is 1.46. The van der Waals surface area contributed by atoms with Gasteiger partial charge < -0.3 is 26.4 Å². The van der Waals surface area contributed by atoms with Crippen molar-refractivity contribution >= 4 is 17.7 Å². The number of nitrogens with one attached hydrogen (secondary N) is 2. The van der Waals surface area contributed by atoms with Gasteiger partial charge in [-0.05, 0) is 49.9 Å². The Balaban J connectivity index is 3.10. The van der Waals surface area contributed by atoms with Crippen molar-refractivity contribution in [1.29, 1.82) is 0 Å². The number of rotatable bonds is 15. The van der Waals surface area contributed by atoms with E-state index in [-0.39, 0.29) is 35.6 Å². The topological polar surface area (TPSA) is 125 Å². The maximum absolute atomic E-state index is 13.1. The fourth-order valence-electron chi connectivity index (χ4n) is 3.51. The molecule has 0 aliphatic rings. The number of carbonyl (C=O) groups excluding carboxylic acids is 3. The zero-order valence-corrected chi connectivity index (χ0v) is 20.9. The summed E-state index contributed by atoms with van der Waals surface area (Å²) in [7, 11) is 0. The molecule has 0 aromatic heterocycles. The first kappa shape index (κ1) is 29.1. The molecule has 0 spiro atoms. The minimum Gasteiger partial charge on any atom is -0.390 e. The minimum atomic E-state index is -0.905. The van der Waals surface area contributed by atoms with Gasteiger partial charge in [0.05, 0.1) is 12.1 Å². The van der Waals surface area contributed by atoms with E-state index in [1.807, 2.05) is 13.8 Å². The van der Waals surface area contributed by atoms with Crippen molar-refractivity contribution in [3.05, 3.63) is 34.9 Å². The number of nitrogens with two attached hydrogens (primary N) is 1. The van der Waals surface area contributed by atoms with Crippen LogP contribution in [0.1, 0.15) is 84.5 Å². The van der Waals surface area contributed by atoms with Crippen LogP contribution in [0.25, 0.3) is 0 Å². The second-order valence-electron chi connectivity index (χ2n) is 8.90. The number of benzene rings is 1. The third kappa shape index (κ3) is 9.54. The van der Waals surface area contributed by atoms with E-state index in [9.17, 15) is 19.5 Å². The summed E-state index contributed by atoms with van der Waals surface area (Å²) in [5.41, 5.74) is 5.85. The molecular formula is C26H40N4O4. The summed E-state index contributed by atoms with van der Waals surface area (Å²) in [6.45, 7) is 10.3. The smallest absolute Gasteiger partial charge is 0.253 e. The summed E-state index contributed by atoms with van der Waals surface area (Å²) in [6, 6.07) is 3.50. The second kappa shape index (κ2) is 15.1. The van der Waals surface area contributed by atoms with Crippen LogP contribution < -0.4 is 16.4 Å². The Bertz CT molecular complexity index is 857. The lowest BCUT2D eigenvalue weighted by Gasteiger charge is -2.24. The maximum Gasteiger partial charge on any atom is 0.253 e. The van der Waals surface area contributed by atoms with Crippen molar-refractivity contribution in [3.8, 4) is 12.3 Å². The van der Waals surface area contributed by atoms with Crippen LogP contribution in [0.2, 0.25) is 0 Å². The van der Waals surface area contributed by atoms with Crippen LogP contribution in [-0.4, -0.2) is 66.1 Å². The Hall–Kier alpha value is -2.89. The van der Waals surface area contributed by atoms with E-state index in [0.717, 1.165) is 25.8 Å². The molecule has 8 nitrogen and oxygen atoms in total. The summed E-state index contributed by atoms with van der Waals surface area (Å²) >= 11 is 0. The molecule has 5 N–H and O–H groups in total. The van der Waals surface area contributed by atoms with Gasteiger partial charge in [-0.15, -0.1) is 12.3 Å². The Morgan fingerprint density at radius 2 is 1.68 bits per heavy atom. The predicted octanol–water partition coefficient (Wildman–Crippen LogP) is 2.17. The highest BCUT2D eigenvalue weighted by molar-refractivity contribution is 6.04. The average Bonchev–Trinajstić information content (AvgIpc) is 2.80. The molecule has 0 radical (unpaired) electrons. The van der Waals surface area contributed by atoms with Crippen LogP contribution in [0.3, 0.4) is 0 Å². The van der Waals surface area contributed by atoms with Crippen LogP contribution in [0, 0.1) is 18.3 Å². The fourth-order valence-corrected chi connectivity index (χ4v) is 3.51. The molecule has 1 rings (SSSR count). The molecule has 0 aliphatic carbocycles. The molecule has 0 saturated carbocycles. The minimum absolute atomic E-state index is 0.0633. The molecule has 0 aliphatic heterocycles. The number of aliphatic hydroxyl groups is 1. The molecule has 188 valence electrons. The van der Waals surface area contributed by atoms with Gasteiger partial charge in [0.2, 0.25) is 5.91 Å². The number of primary amides is 1. The average molecular weight is 473 g/mol. The first-order valence-electron chi connectivity index (χ1n) is 12.0. The fraction of sp³-hybridized carbons (Fsp3) is 0.577. The highest BCUT2D eigenvalue weighted by Crippen LogP contribution is 2.15. The highest BCUT2D eigenvalue weighted by Gasteiger charge is 2.23. The van der Waals surface area contributed by atoms with Gasteiger partial charge >= 0.3 is 0 Å². The van der Waals surface area contributed by atoms with Gasteiger partial charge in [0.15, 0.2) is 0 Å². The molecule has 0 saturated heterocycles. The molecule has 0 unspecified atom stereocenters. The first-order valence-corrected chi connectivity index (χ1v) is 12.0. The van der Waals surface area contributed by atoms with Crippen LogP contribution in [0.5, 0.6) is 0 Å². The molecule has 3 amide bonds. The zero-order valence-electron chi connectivity index (χ0n) is 20.9. The van der Waals surface area contributed by atoms with E-state index < -0.39 is 24.0 Å². The molecule has 2 atom stereocenters. The molecular weight excluding hydrogens is 432 g/mol. The molecule has 1 aromatic rings. The van der Waals surface area contributed by atoms with E-state index in [1.54, 1.807) is 4.90 Å². The van der Waals surface area contributed by atoms with Gasteiger partial charge in [-0.2, -0.15) is 0 Å². The van der Waals surface area contributed by atoms with Crippen molar-refractivity contribution < 1.29 is 19.5 Å². The van der Waals surface area contributed by atoms with Crippen LogP contribution in [0.15, 0.2) is 18.2 Å². The maximum atomic E-state index is 13.1. The number of hydrogen-bond acceptors (Lipinski definition) is 5. The summed E-state index contributed by atoms with van der Waals surface area (Å²) < 4.78 is 0. The Kier molecular flexibility index (Phi) is 12.9. The zero-order chi connectivity index (χ0) is 25.7. The van der Waals surface area contributed by atoms with Gasteiger partial charge in [-0.3, -0.25) is 14.4 Å². The summed E-state index contributed by atoms with van der Waals surface area (Å²) in [4.78, 5) is 39.7. The number of terminal acetylenes is 1. The molecule has 0 bridgehead atoms. The van der Waals surface area contributed by atoms with Crippen molar-refractivity contribution in [1.82, 2.24) is 15.5 Å². The third-order valence-corrected chi connectivity index (χ3v) is 5.37. The van der Waals surface area contributed by atoms with Crippen molar-refractivity contribution in [2.24, 2.45) is 11.7 Å². The normalized spacial score (nSPS) is 12.6. The van der Waals surface area contributed by atoms with Crippen LogP contribution >= 0.6 is 0 Å². The number of nitrogens with zero attached hydrogens (tertiary/aromatic N) is 1. The molecule has 34 heavy (non-hydrogen) atoms. The first-order chi connectivity index (χ1) is 16.1. The van der Waals surface area contributed by atoms with Crippen molar-refractivity contribution in [3.63, 3.8) is 0 Å². The quantitative estimate of drug-likeness (QED) is 0.230. The lowest BCUT2D eigenvalue weighted by molar-refractivity contribution is 0.0755. The van der Waals surface area contributed by atoms with E-state index in [1.165, 1.54) is 18.2 Å². The highest BCUT2D eigenvalue weighted by atomic mass is 16.3. The van der Waals surface area contributed by atoms with Crippen LogP contribution in [0.4, 0.5) is 0 Å². The van der Waals surface area contributed by atoms with E-state index in [4.69, 9.17) is 12.2 Å². The molecule has 1 aromatic carbocycles. The number of amides is 3. The van der Waals surface area contributed by atoms with Gasteiger partial charge in [-0.1, -0.05) is 27.7 Å². The van der Waals surface area contributed by atoms with Crippen LogP contribution in [-0.2, 0) is 0 Å². The Morgan fingerprint density at radius 1 is 1.09 bits per heavy atom. The van der Waals surface area contributed by atoms with Gasteiger partial charge in [0, 0.05) is 42.7 Å². The largest absolute Gasteiger partial charge is 0.390 e. The van der Waals surface area contributed by atoms with Crippen molar-refractivity contribution in [2.75, 3.05) is 26.2 Å². The number of aliphatic hydroxyl groups excluding tert-OH is 1. The third-order valence-electron chi connectivity index (χ3n) is 5.37. The Labute approximate surface area is 203 Å². The van der Waals surface area contributed by atoms with E-state index in [2.05, 4.69) is 30.4 Å². The Morgan fingerprint density at radius 3 is 2.21 bits per heavy atom. The van der Waals surface area contributed by atoms with E-state index >= 15 is 0 Å². The summed E-state index contributed by atoms with van der Waals surface area (Å²) in [5, 5.41) is 16.5. The lowest BCUT2D eigenvalue weighted by atomic mass is 10.0. The second-order valence-corrected chi connectivity index (χ2v) is 8.90. The lowest BCUT2D eigenvalue weighted by Crippen LogP contribution is -2.47. The molecule has 8 heteroatoms. The monoisotopic (exact) mass is 472 g/mol. The molecule has 0 heterocycles. The van der Waals surface area contributed by atoms with Crippen molar-refractivity contribution in [2.45, 2.75) is 65.5 Å².